The van der Waals surface area contributed by atoms with Crippen molar-refractivity contribution >= 4 is 17.7 Å². The fraction of sp³-hybridized carbons (Fsp3) is 0.423. The van der Waals surface area contributed by atoms with Crippen molar-refractivity contribution in [3.8, 4) is 11.5 Å². The van der Waals surface area contributed by atoms with Crippen molar-refractivity contribution in [3.63, 3.8) is 0 Å². The number of amides is 3. The quantitative estimate of drug-likeness (QED) is 0.625. The van der Waals surface area contributed by atoms with Crippen molar-refractivity contribution in [3.05, 3.63) is 59.7 Å². The minimum absolute atomic E-state index is 0.0569. The first-order valence-electron chi connectivity index (χ1n) is 11.7. The van der Waals surface area contributed by atoms with Gasteiger partial charge in [0.05, 0.1) is 14.2 Å². The van der Waals surface area contributed by atoms with Gasteiger partial charge < -0.3 is 25.0 Å². The van der Waals surface area contributed by atoms with Crippen molar-refractivity contribution in [2.75, 3.05) is 27.3 Å². The molecule has 8 heteroatoms. The molecule has 0 bridgehead atoms. The number of nitrogens with one attached hydrogen (secondary N) is 2. The maximum absolute atomic E-state index is 13.0. The maximum Gasteiger partial charge on any atom is 0.253 e. The first-order chi connectivity index (χ1) is 16.5. The van der Waals surface area contributed by atoms with E-state index in [2.05, 4.69) is 10.6 Å². The van der Waals surface area contributed by atoms with Gasteiger partial charge in [0, 0.05) is 30.3 Å². The number of benzene rings is 2. The molecule has 2 aromatic carbocycles. The van der Waals surface area contributed by atoms with Crippen LogP contribution in [0.25, 0.3) is 0 Å². The van der Waals surface area contributed by atoms with Crippen LogP contribution in [-0.2, 0) is 4.79 Å². The van der Waals surface area contributed by atoms with E-state index in [1.807, 2.05) is 0 Å². The molecule has 1 aliphatic heterocycles. The lowest BCUT2D eigenvalue weighted by atomic mass is 9.88. The number of hydrogen-bond acceptors (Lipinski definition) is 5. The van der Waals surface area contributed by atoms with Crippen molar-refractivity contribution in [1.29, 1.82) is 0 Å². The van der Waals surface area contributed by atoms with Crippen molar-refractivity contribution in [2.24, 2.45) is 5.92 Å². The van der Waals surface area contributed by atoms with E-state index in [-0.39, 0.29) is 29.7 Å². The first-order valence-corrected chi connectivity index (χ1v) is 11.7. The van der Waals surface area contributed by atoms with Gasteiger partial charge in [-0.3, -0.25) is 14.4 Å². The number of carbonyl (C=O) groups excluding carboxylic acids is 3. The number of nitrogens with zero attached hydrogens (tertiary/aromatic N) is 1. The number of rotatable bonds is 8. The summed E-state index contributed by atoms with van der Waals surface area (Å²) in [6.45, 7) is 1.04. The third-order valence-corrected chi connectivity index (χ3v) is 6.46. The van der Waals surface area contributed by atoms with Crippen LogP contribution in [0.15, 0.2) is 48.5 Å². The standard InChI is InChI=1S/C26H31N3O5/c1-33-21-10-6-18(7-11-21)24(30)28-23(25(31)27-20-8-9-20)17-12-14-29(15-13-17)26(32)19-4-3-5-22(16-19)34-2/h3-7,10-11,16-17,20,23H,8-9,12-15H2,1-2H3,(H,27,31)(H,28,30)/t23-/m0/s1. The molecule has 4 rings (SSSR count). The van der Waals surface area contributed by atoms with Crippen LogP contribution in [0, 0.1) is 5.92 Å². The van der Waals surface area contributed by atoms with Crippen molar-refractivity contribution in [2.45, 2.75) is 37.8 Å². The Kier molecular flexibility index (Phi) is 7.35. The molecule has 1 saturated carbocycles. The van der Waals surface area contributed by atoms with Crippen LogP contribution in [0.2, 0.25) is 0 Å². The van der Waals surface area contributed by atoms with Gasteiger partial charge in [0.25, 0.3) is 11.8 Å². The first kappa shape index (κ1) is 23.6. The van der Waals surface area contributed by atoms with E-state index in [0.29, 0.717) is 48.6 Å². The van der Waals surface area contributed by atoms with Crippen molar-refractivity contribution < 1.29 is 23.9 Å². The average Bonchev–Trinajstić information content (AvgIpc) is 3.70. The molecular weight excluding hydrogens is 434 g/mol. The lowest BCUT2D eigenvalue weighted by Gasteiger charge is -2.36. The van der Waals surface area contributed by atoms with Gasteiger partial charge >= 0.3 is 0 Å². The highest BCUT2D eigenvalue weighted by Gasteiger charge is 2.36. The van der Waals surface area contributed by atoms with Crippen LogP contribution < -0.4 is 20.1 Å². The van der Waals surface area contributed by atoms with E-state index in [0.717, 1.165) is 12.8 Å². The molecule has 1 saturated heterocycles. The van der Waals surface area contributed by atoms with E-state index in [1.54, 1.807) is 67.7 Å². The number of hydrogen-bond donors (Lipinski definition) is 2. The van der Waals surface area contributed by atoms with Gasteiger partial charge in [0.15, 0.2) is 0 Å². The third kappa shape index (κ3) is 5.68. The predicted octanol–water partition coefficient (Wildman–Crippen LogP) is 2.63. The SMILES string of the molecule is COc1ccc(C(=O)N[C@H](C(=O)NC2CC2)C2CCN(C(=O)c3cccc(OC)c3)CC2)cc1. The van der Waals surface area contributed by atoms with Crippen molar-refractivity contribution in [1.82, 2.24) is 15.5 Å². The van der Waals surface area contributed by atoms with Crippen LogP contribution in [-0.4, -0.2) is 62.0 Å². The molecule has 1 atom stereocenters. The van der Waals surface area contributed by atoms with Crippen LogP contribution >= 0.6 is 0 Å². The monoisotopic (exact) mass is 465 g/mol. The normalized spacial score (nSPS) is 16.9. The second-order valence-electron chi connectivity index (χ2n) is 8.82. The molecule has 3 amide bonds. The average molecular weight is 466 g/mol. The Bertz CT molecular complexity index is 1030. The molecule has 34 heavy (non-hydrogen) atoms. The zero-order valence-electron chi connectivity index (χ0n) is 19.6. The van der Waals surface area contributed by atoms with Gasteiger partial charge in [-0.1, -0.05) is 6.07 Å². The minimum Gasteiger partial charge on any atom is -0.497 e. The zero-order chi connectivity index (χ0) is 24.1. The molecular formula is C26H31N3O5. The smallest absolute Gasteiger partial charge is 0.253 e. The van der Waals surface area contributed by atoms with Gasteiger partial charge in [-0.05, 0) is 74.1 Å². The van der Waals surface area contributed by atoms with Gasteiger partial charge in [-0.25, -0.2) is 0 Å². The molecule has 0 unspecified atom stereocenters. The Morgan fingerprint density at radius 2 is 1.56 bits per heavy atom. The molecule has 180 valence electrons. The fourth-order valence-electron chi connectivity index (χ4n) is 4.26. The third-order valence-electron chi connectivity index (χ3n) is 6.46. The summed E-state index contributed by atoms with van der Waals surface area (Å²) in [5.41, 5.74) is 1.05. The van der Waals surface area contributed by atoms with Gasteiger partial charge in [-0.15, -0.1) is 0 Å². The van der Waals surface area contributed by atoms with E-state index >= 15 is 0 Å². The molecule has 1 heterocycles. The Hall–Kier alpha value is -3.55. The lowest BCUT2D eigenvalue weighted by molar-refractivity contribution is -0.124. The summed E-state index contributed by atoms with van der Waals surface area (Å²) in [5, 5.41) is 5.98. The molecule has 2 fully saturated rings. The summed E-state index contributed by atoms with van der Waals surface area (Å²) in [5.74, 6) is 0.732. The molecule has 2 aromatic rings. The molecule has 0 spiro atoms. The van der Waals surface area contributed by atoms with Gasteiger partial charge in [0.1, 0.15) is 17.5 Å². The van der Waals surface area contributed by atoms with E-state index in [4.69, 9.17) is 9.47 Å². The van der Waals surface area contributed by atoms with Crippen LogP contribution in [0.4, 0.5) is 0 Å². The molecule has 1 aliphatic carbocycles. The topological polar surface area (TPSA) is 97.0 Å². The van der Waals surface area contributed by atoms with Crippen LogP contribution in [0.5, 0.6) is 11.5 Å². The highest BCUT2D eigenvalue weighted by molar-refractivity contribution is 5.98. The minimum atomic E-state index is -0.649. The Morgan fingerprint density at radius 3 is 2.18 bits per heavy atom. The Balaban J connectivity index is 1.41. The highest BCUT2D eigenvalue weighted by atomic mass is 16.5. The Morgan fingerprint density at radius 1 is 0.882 bits per heavy atom. The van der Waals surface area contributed by atoms with E-state index in [1.165, 1.54) is 0 Å². The lowest BCUT2D eigenvalue weighted by Crippen LogP contribution is -2.54. The van der Waals surface area contributed by atoms with Crippen LogP contribution in [0.1, 0.15) is 46.4 Å². The highest BCUT2D eigenvalue weighted by Crippen LogP contribution is 2.25. The summed E-state index contributed by atoms with van der Waals surface area (Å²) in [7, 11) is 3.14. The van der Waals surface area contributed by atoms with Gasteiger partial charge in [0.2, 0.25) is 5.91 Å². The second-order valence-corrected chi connectivity index (χ2v) is 8.82. The van der Waals surface area contributed by atoms with Crippen LogP contribution in [0.3, 0.4) is 0 Å². The zero-order valence-corrected chi connectivity index (χ0v) is 19.6. The molecule has 0 radical (unpaired) electrons. The van der Waals surface area contributed by atoms with E-state index in [9.17, 15) is 14.4 Å². The number of methoxy groups -OCH3 is 2. The number of carbonyl (C=O) groups is 3. The molecule has 0 aromatic heterocycles. The second kappa shape index (κ2) is 10.6. The number of likely N-dealkylation sites (tertiary alicyclic amines) is 1. The number of piperidine rings is 1. The summed E-state index contributed by atoms with van der Waals surface area (Å²) in [6.07, 6.45) is 3.19. The van der Waals surface area contributed by atoms with E-state index < -0.39 is 6.04 Å². The summed E-state index contributed by atoms with van der Waals surface area (Å²) >= 11 is 0. The molecule has 2 N–H and O–H groups in total. The molecule has 2 aliphatic rings. The predicted molar refractivity (Wildman–Crippen MR) is 127 cm³/mol. The fourth-order valence-corrected chi connectivity index (χ4v) is 4.26. The maximum atomic E-state index is 13.0. The summed E-state index contributed by atoms with van der Waals surface area (Å²) in [4.78, 5) is 40.7. The summed E-state index contributed by atoms with van der Waals surface area (Å²) in [6, 6.07) is 13.5. The number of ether oxygens (including phenoxy) is 2. The van der Waals surface area contributed by atoms with Gasteiger partial charge in [-0.2, -0.15) is 0 Å². The Labute approximate surface area is 199 Å². The molecule has 8 nitrogen and oxygen atoms in total. The largest absolute Gasteiger partial charge is 0.497 e. The summed E-state index contributed by atoms with van der Waals surface area (Å²) < 4.78 is 10.4.